The second-order valence-corrected chi connectivity index (χ2v) is 6.80. The number of rotatable bonds is 6. The van der Waals surface area contributed by atoms with Crippen molar-refractivity contribution in [3.05, 3.63) is 48.5 Å². The van der Waals surface area contributed by atoms with Crippen LogP contribution >= 0.6 is 0 Å². The van der Waals surface area contributed by atoms with Crippen LogP contribution < -0.4 is 15.4 Å². The van der Waals surface area contributed by atoms with Crippen molar-refractivity contribution in [3.63, 3.8) is 0 Å². The molecule has 2 heterocycles. The number of aromatic nitrogens is 3. The van der Waals surface area contributed by atoms with Crippen molar-refractivity contribution in [3.8, 4) is 5.75 Å². The molecule has 0 bridgehead atoms. The first-order valence-electron chi connectivity index (χ1n) is 9.36. The van der Waals surface area contributed by atoms with E-state index in [-0.39, 0.29) is 12.6 Å². The number of hydrogen-bond donors (Lipinski definition) is 2. The maximum absolute atomic E-state index is 12.3. The summed E-state index contributed by atoms with van der Waals surface area (Å²) < 4.78 is 12.7. The smallest absolute Gasteiger partial charge is 0.320 e. The number of carbonyl (C=O) groups is 1. The maximum atomic E-state index is 12.3. The molecule has 0 unspecified atom stereocenters. The summed E-state index contributed by atoms with van der Waals surface area (Å²) in [6.07, 6.45) is 9.42. The van der Waals surface area contributed by atoms with Gasteiger partial charge >= 0.3 is 6.03 Å². The van der Waals surface area contributed by atoms with Gasteiger partial charge in [0.1, 0.15) is 17.1 Å². The quantitative estimate of drug-likeness (QED) is 0.635. The molecule has 2 amide bonds. The van der Waals surface area contributed by atoms with Crippen molar-refractivity contribution in [2.24, 2.45) is 5.92 Å². The number of allylic oxidation sites excluding steroid dienone is 2. The molecular weight excluding hydrogens is 358 g/mol. The highest BCUT2D eigenvalue weighted by Crippen LogP contribution is 2.22. The van der Waals surface area contributed by atoms with Crippen molar-refractivity contribution in [1.29, 1.82) is 0 Å². The molecule has 1 atom stereocenters. The number of nitrogens with zero attached hydrogens (tertiary/aromatic N) is 3. The molecule has 1 aromatic carbocycles. The SMILES string of the molecule is COc1ccc2oc(CNC(=O)Nc3ccnn3C[C@H]3CC=CCC3)nc2c1. The Labute approximate surface area is 162 Å². The number of oxazole rings is 1. The molecule has 2 N–H and O–H groups in total. The molecule has 3 aromatic rings. The Kier molecular flexibility index (Phi) is 5.27. The van der Waals surface area contributed by atoms with Gasteiger partial charge in [-0.25, -0.2) is 14.5 Å². The summed E-state index contributed by atoms with van der Waals surface area (Å²) in [4.78, 5) is 16.7. The molecule has 28 heavy (non-hydrogen) atoms. The minimum absolute atomic E-state index is 0.185. The Morgan fingerprint density at radius 2 is 2.29 bits per heavy atom. The van der Waals surface area contributed by atoms with Gasteiger partial charge in [0.05, 0.1) is 19.9 Å². The lowest BCUT2D eigenvalue weighted by molar-refractivity contribution is 0.250. The molecule has 8 nitrogen and oxygen atoms in total. The lowest BCUT2D eigenvalue weighted by Crippen LogP contribution is -2.29. The number of nitrogens with one attached hydrogen (secondary N) is 2. The van der Waals surface area contributed by atoms with Crippen LogP contribution in [-0.2, 0) is 13.1 Å². The highest BCUT2D eigenvalue weighted by Gasteiger charge is 2.15. The minimum Gasteiger partial charge on any atom is -0.497 e. The van der Waals surface area contributed by atoms with Crippen molar-refractivity contribution in [1.82, 2.24) is 20.1 Å². The fourth-order valence-electron chi connectivity index (χ4n) is 3.32. The number of urea groups is 1. The van der Waals surface area contributed by atoms with Crippen LogP contribution in [0.1, 0.15) is 25.2 Å². The first kappa shape index (κ1) is 18.1. The van der Waals surface area contributed by atoms with E-state index in [0.29, 0.717) is 34.5 Å². The zero-order valence-electron chi connectivity index (χ0n) is 15.7. The predicted octanol–water partition coefficient (Wildman–Crippen LogP) is 3.71. The van der Waals surface area contributed by atoms with Gasteiger partial charge in [-0.05, 0) is 37.3 Å². The number of carbonyl (C=O) groups excluding carboxylic acids is 1. The Balaban J connectivity index is 1.33. The van der Waals surface area contributed by atoms with E-state index >= 15 is 0 Å². The number of fused-ring (bicyclic) bond motifs is 1. The third-order valence-electron chi connectivity index (χ3n) is 4.81. The Hall–Kier alpha value is -3.29. The lowest BCUT2D eigenvalue weighted by Gasteiger charge is -2.19. The average molecular weight is 381 g/mol. The van der Waals surface area contributed by atoms with E-state index in [1.807, 2.05) is 4.68 Å². The molecule has 4 rings (SSSR count). The molecule has 0 aliphatic heterocycles. The molecule has 1 aliphatic rings. The van der Waals surface area contributed by atoms with E-state index in [4.69, 9.17) is 9.15 Å². The number of ether oxygens (including phenoxy) is 1. The summed E-state index contributed by atoms with van der Waals surface area (Å²) >= 11 is 0. The van der Waals surface area contributed by atoms with Gasteiger partial charge in [-0.15, -0.1) is 0 Å². The normalized spacial score (nSPS) is 16.2. The lowest BCUT2D eigenvalue weighted by atomic mass is 9.94. The van der Waals surface area contributed by atoms with Crippen LogP contribution in [0, 0.1) is 5.92 Å². The summed E-state index contributed by atoms with van der Waals surface area (Å²) in [5.74, 6) is 2.36. The number of hydrogen-bond acceptors (Lipinski definition) is 5. The monoisotopic (exact) mass is 381 g/mol. The molecule has 0 fully saturated rings. The third kappa shape index (κ3) is 4.16. The van der Waals surface area contributed by atoms with Crippen LogP contribution in [0.5, 0.6) is 5.75 Å². The molecular formula is C20H23N5O3. The van der Waals surface area contributed by atoms with E-state index in [9.17, 15) is 4.79 Å². The Morgan fingerprint density at radius 1 is 1.36 bits per heavy atom. The second kappa shape index (κ2) is 8.16. The van der Waals surface area contributed by atoms with Crippen LogP contribution in [0.2, 0.25) is 0 Å². The van der Waals surface area contributed by atoms with Crippen LogP contribution in [0.25, 0.3) is 11.1 Å². The van der Waals surface area contributed by atoms with E-state index in [0.717, 1.165) is 25.8 Å². The molecule has 0 spiro atoms. The van der Waals surface area contributed by atoms with Gasteiger partial charge in [0.2, 0.25) is 5.89 Å². The number of methoxy groups -OCH3 is 1. The van der Waals surface area contributed by atoms with E-state index in [1.165, 1.54) is 0 Å². The number of benzene rings is 1. The predicted molar refractivity (Wildman–Crippen MR) is 105 cm³/mol. The van der Waals surface area contributed by atoms with E-state index in [2.05, 4.69) is 32.9 Å². The summed E-state index contributed by atoms with van der Waals surface area (Å²) in [6.45, 7) is 0.976. The standard InChI is InChI=1S/C20H23N5O3/c1-27-15-7-8-17-16(11-15)23-19(28-17)12-21-20(26)24-18-9-10-22-25(18)13-14-5-3-2-4-6-14/h2-3,7-11,14H,4-6,12-13H2,1H3,(H2,21,24,26)/t14-/m0/s1. The summed E-state index contributed by atoms with van der Waals surface area (Å²) in [5.41, 5.74) is 1.34. The molecule has 2 aromatic heterocycles. The molecule has 0 saturated heterocycles. The molecule has 1 aliphatic carbocycles. The van der Waals surface area contributed by atoms with Crippen LogP contribution in [0.3, 0.4) is 0 Å². The summed E-state index contributed by atoms with van der Waals surface area (Å²) in [5, 5.41) is 9.95. The first-order chi connectivity index (χ1) is 13.7. The van der Waals surface area contributed by atoms with E-state index < -0.39 is 0 Å². The van der Waals surface area contributed by atoms with Crippen LogP contribution in [0.15, 0.2) is 47.0 Å². The highest BCUT2D eigenvalue weighted by atomic mass is 16.5. The number of amides is 2. The van der Waals surface area contributed by atoms with Gasteiger partial charge in [-0.2, -0.15) is 5.10 Å². The van der Waals surface area contributed by atoms with Crippen LogP contribution in [0.4, 0.5) is 10.6 Å². The fraction of sp³-hybridized carbons (Fsp3) is 0.350. The Morgan fingerprint density at radius 3 is 3.11 bits per heavy atom. The van der Waals surface area contributed by atoms with Gasteiger partial charge < -0.3 is 14.5 Å². The second-order valence-electron chi connectivity index (χ2n) is 6.80. The zero-order valence-corrected chi connectivity index (χ0v) is 15.7. The largest absolute Gasteiger partial charge is 0.497 e. The molecule has 0 radical (unpaired) electrons. The summed E-state index contributed by atoms with van der Waals surface area (Å²) in [7, 11) is 1.60. The van der Waals surface area contributed by atoms with Gasteiger partial charge in [-0.3, -0.25) is 5.32 Å². The van der Waals surface area contributed by atoms with Gasteiger partial charge in [0, 0.05) is 18.7 Å². The van der Waals surface area contributed by atoms with Crippen molar-refractivity contribution < 1.29 is 13.9 Å². The maximum Gasteiger partial charge on any atom is 0.320 e. The minimum atomic E-state index is -0.329. The first-order valence-corrected chi connectivity index (χ1v) is 9.36. The van der Waals surface area contributed by atoms with Gasteiger partial charge in [0.15, 0.2) is 5.58 Å². The van der Waals surface area contributed by atoms with E-state index in [1.54, 1.807) is 37.6 Å². The fourth-order valence-corrected chi connectivity index (χ4v) is 3.32. The van der Waals surface area contributed by atoms with Gasteiger partial charge in [0.25, 0.3) is 0 Å². The molecule has 0 saturated carbocycles. The zero-order chi connectivity index (χ0) is 19.3. The topological polar surface area (TPSA) is 94.2 Å². The van der Waals surface area contributed by atoms with Crippen LogP contribution in [-0.4, -0.2) is 27.9 Å². The molecule has 146 valence electrons. The van der Waals surface area contributed by atoms with Crippen molar-refractivity contribution in [2.75, 3.05) is 12.4 Å². The Bertz CT molecular complexity index is 991. The van der Waals surface area contributed by atoms with Gasteiger partial charge in [-0.1, -0.05) is 12.2 Å². The summed E-state index contributed by atoms with van der Waals surface area (Å²) in [6, 6.07) is 6.86. The highest BCUT2D eigenvalue weighted by molar-refractivity contribution is 5.88. The number of anilines is 1. The molecule has 8 heteroatoms. The van der Waals surface area contributed by atoms with Crippen molar-refractivity contribution >= 4 is 22.9 Å². The average Bonchev–Trinajstić information content (AvgIpc) is 3.33. The third-order valence-corrected chi connectivity index (χ3v) is 4.81. The van der Waals surface area contributed by atoms with Crippen molar-refractivity contribution in [2.45, 2.75) is 32.4 Å².